The van der Waals surface area contributed by atoms with Crippen LogP contribution < -0.4 is 0 Å². The van der Waals surface area contributed by atoms with Crippen LogP contribution in [0.5, 0.6) is 0 Å². The fourth-order valence-electron chi connectivity index (χ4n) is 6.93. The Bertz CT molecular complexity index is 770. The van der Waals surface area contributed by atoms with Crippen LogP contribution in [0.4, 0.5) is 0 Å². The summed E-state index contributed by atoms with van der Waals surface area (Å²) in [6.45, 7) is 4.08. The highest BCUT2D eigenvalue weighted by molar-refractivity contribution is 5.90. The van der Waals surface area contributed by atoms with Crippen molar-refractivity contribution in [3.63, 3.8) is 0 Å². The number of hydrogen-bond donors (Lipinski definition) is 3. The molecule has 7 nitrogen and oxygen atoms in total. The van der Waals surface area contributed by atoms with Gasteiger partial charge in [0.05, 0.1) is 42.7 Å². The summed E-state index contributed by atoms with van der Waals surface area (Å²) in [5.74, 6) is -0.290. The molecule has 3 N–H and O–H groups in total. The molecular weight excluding hydrogens is 532 g/mol. The number of aliphatic hydroxyl groups is 3. The van der Waals surface area contributed by atoms with Gasteiger partial charge < -0.3 is 29.5 Å². The van der Waals surface area contributed by atoms with E-state index in [9.17, 15) is 20.1 Å². The van der Waals surface area contributed by atoms with Crippen molar-refractivity contribution in [1.82, 2.24) is 0 Å². The first-order valence-corrected chi connectivity index (χ1v) is 17.6. The van der Waals surface area contributed by atoms with Crippen molar-refractivity contribution in [3.8, 4) is 0 Å². The Morgan fingerprint density at radius 3 is 1.60 bits per heavy atom. The van der Waals surface area contributed by atoms with Crippen molar-refractivity contribution in [1.29, 1.82) is 0 Å². The summed E-state index contributed by atoms with van der Waals surface area (Å²) >= 11 is 0. The SMILES string of the molecule is CCCCCCCCCC[C@H](O)[C@H]1CC[C@H]([C@H]2CC[C@H]([C@H](O)CCCCCCCC[C@@H](O)CC3=C[C@H](C)OC3=O)O2)O1. The molecule has 0 unspecified atom stereocenters. The Morgan fingerprint density at radius 1 is 0.690 bits per heavy atom. The maximum Gasteiger partial charge on any atom is 0.334 e. The highest BCUT2D eigenvalue weighted by Crippen LogP contribution is 2.34. The average molecular weight is 595 g/mol. The van der Waals surface area contributed by atoms with Gasteiger partial charge in [-0.3, -0.25) is 0 Å². The maximum absolute atomic E-state index is 11.7. The van der Waals surface area contributed by atoms with E-state index in [4.69, 9.17) is 14.2 Å². The monoisotopic (exact) mass is 594 g/mol. The van der Waals surface area contributed by atoms with Gasteiger partial charge in [0.15, 0.2) is 0 Å². The standard InChI is InChI=1S/C35H62O7/c1-3-4-5-6-7-8-12-15-18-29(37)31-20-22-33(41-31)34-23-21-32(42-34)30(38)19-16-13-10-9-11-14-17-28(36)25-27-24-26(2)40-35(27)39/h24,26,28-34,36-38H,3-23,25H2,1-2H3/t26-,28+,29-,30+,31+,32+,33+,34+/m0/s1. The van der Waals surface area contributed by atoms with Gasteiger partial charge in [-0.05, 0) is 57.9 Å². The summed E-state index contributed by atoms with van der Waals surface area (Å²) in [5.41, 5.74) is 0.606. The Labute approximate surface area is 255 Å². The van der Waals surface area contributed by atoms with Gasteiger partial charge in [-0.2, -0.15) is 0 Å². The topological polar surface area (TPSA) is 105 Å². The molecule has 0 aromatic carbocycles. The lowest BCUT2D eigenvalue weighted by molar-refractivity contribution is -0.139. The highest BCUT2D eigenvalue weighted by atomic mass is 16.6. The third-order valence-electron chi connectivity index (χ3n) is 9.53. The van der Waals surface area contributed by atoms with E-state index >= 15 is 0 Å². The van der Waals surface area contributed by atoms with Crippen LogP contribution in [-0.2, 0) is 19.0 Å². The van der Waals surface area contributed by atoms with Crippen LogP contribution in [0.25, 0.3) is 0 Å². The lowest BCUT2D eigenvalue weighted by Crippen LogP contribution is -2.33. The second kappa shape index (κ2) is 20.1. The molecule has 0 aromatic heterocycles. The molecule has 3 aliphatic heterocycles. The minimum absolute atomic E-state index is 0.0410. The lowest BCUT2D eigenvalue weighted by atomic mass is 10.00. The summed E-state index contributed by atoms with van der Waals surface area (Å²) in [5, 5.41) is 31.6. The average Bonchev–Trinajstić information content (AvgIpc) is 3.72. The summed E-state index contributed by atoms with van der Waals surface area (Å²) in [4.78, 5) is 11.7. The third-order valence-corrected chi connectivity index (χ3v) is 9.53. The van der Waals surface area contributed by atoms with Crippen LogP contribution >= 0.6 is 0 Å². The Balaban J connectivity index is 1.16. The van der Waals surface area contributed by atoms with E-state index in [0.717, 1.165) is 83.5 Å². The van der Waals surface area contributed by atoms with Crippen LogP contribution in [0, 0.1) is 0 Å². The smallest absolute Gasteiger partial charge is 0.334 e. The second-order valence-corrected chi connectivity index (χ2v) is 13.3. The molecule has 0 amide bonds. The van der Waals surface area contributed by atoms with Gasteiger partial charge in [-0.15, -0.1) is 0 Å². The van der Waals surface area contributed by atoms with E-state index in [0.29, 0.717) is 18.4 Å². The van der Waals surface area contributed by atoms with Crippen molar-refractivity contribution >= 4 is 5.97 Å². The Hall–Kier alpha value is -0.990. The number of cyclic esters (lactones) is 1. The minimum Gasteiger partial charge on any atom is -0.455 e. The molecule has 42 heavy (non-hydrogen) atoms. The van der Waals surface area contributed by atoms with Gasteiger partial charge in [0.25, 0.3) is 0 Å². The van der Waals surface area contributed by atoms with E-state index in [2.05, 4.69) is 6.92 Å². The molecule has 7 heteroatoms. The number of carbonyl (C=O) groups excluding carboxylic acids is 1. The molecule has 2 fully saturated rings. The molecule has 0 radical (unpaired) electrons. The van der Waals surface area contributed by atoms with Crippen molar-refractivity contribution in [2.75, 3.05) is 0 Å². The van der Waals surface area contributed by atoms with Crippen molar-refractivity contribution in [2.24, 2.45) is 0 Å². The minimum atomic E-state index is -0.482. The largest absolute Gasteiger partial charge is 0.455 e. The molecular formula is C35H62O7. The molecule has 3 aliphatic rings. The molecule has 244 valence electrons. The molecule has 3 heterocycles. The fourth-order valence-corrected chi connectivity index (χ4v) is 6.93. The molecule has 0 aromatic rings. The lowest BCUT2D eigenvalue weighted by Gasteiger charge is -2.24. The first kappa shape index (κ1) is 35.5. The molecule has 8 atom stereocenters. The molecule has 2 saturated heterocycles. The third kappa shape index (κ3) is 12.9. The van der Waals surface area contributed by atoms with Crippen LogP contribution in [0.15, 0.2) is 11.6 Å². The number of unbranched alkanes of at least 4 members (excludes halogenated alkanes) is 12. The maximum atomic E-state index is 11.7. The van der Waals surface area contributed by atoms with Gasteiger partial charge in [0.2, 0.25) is 0 Å². The molecule has 3 rings (SSSR count). The van der Waals surface area contributed by atoms with Crippen molar-refractivity contribution in [2.45, 2.75) is 204 Å². The first-order chi connectivity index (χ1) is 20.4. The highest BCUT2D eigenvalue weighted by Gasteiger charge is 2.40. The summed E-state index contributed by atoms with van der Waals surface area (Å²) in [6.07, 6.45) is 23.2. The van der Waals surface area contributed by atoms with Gasteiger partial charge in [0.1, 0.15) is 6.10 Å². The molecule has 0 saturated carbocycles. The normalized spacial score (nSPS) is 28.2. The van der Waals surface area contributed by atoms with Gasteiger partial charge in [0, 0.05) is 12.0 Å². The predicted octanol–water partition coefficient (Wildman–Crippen LogP) is 7.08. The second-order valence-electron chi connectivity index (χ2n) is 13.3. The number of carbonyl (C=O) groups is 1. The zero-order chi connectivity index (χ0) is 30.2. The van der Waals surface area contributed by atoms with Gasteiger partial charge in [-0.1, -0.05) is 96.8 Å². The zero-order valence-corrected chi connectivity index (χ0v) is 26.7. The molecule has 0 aliphatic carbocycles. The summed E-state index contributed by atoms with van der Waals surface area (Å²) in [6, 6.07) is 0. The van der Waals surface area contributed by atoms with E-state index < -0.39 is 12.2 Å². The van der Waals surface area contributed by atoms with E-state index in [1.54, 1.807) is 6.08 Å². The quantitative estimate of drug-likeness (QED) is 0.0858. The van der Waals surface area contributed by atoms with Crippen LogP contribution in [0.3, 0.4) is 0 Å². The number of rotatable bonds is 23. The predicted molar refractivity (Wildman–Crippen MR) is 166 cm³/mol. The van der Waals surface area contributed by atoms with E-state index in [-0.39, 0.29) is 42.6 Å². The summed E-state index contributed by atoms with van der Waals surface area (Å²) in [7, 11) is 0. The molecule has 0 bridgehead atoms. The van der Waals surface area contributed by atoms with E-state index in [1.807, 2.05) is 6.92 Å². The Morgan fingerprint density at radius 2 is 1.14 bits per heavy atom. The van der Waals surface area contributed by atoms with Crippen molar-refractivity contribution < 1.29 is 34.3 Å². The number of esters is 1. The number of aliphatic hydroxyl groups excluding tert-OH is 3. The number of ether oxygens (including phenoxy) is 3. The van der Waals surface area contributed by atoms with Crippen LogP contribution in [0.2, 0.25) is 0 Å². The first-order valence-electron chi connectivity index (χ1n) is 17.6. The Kier molecular flexibility index (Phi) is 17.0. The van der Waals surface area contributed by atoms with Gasteiger partial charge >= 0.3 is 5.97 Å². The molecule has 0 spiro atoms. The van der Waals surface area contributed by atoms with Gasteiger partial charge in [-0.25, -0.2) is 4.79 Å². The van der Waals surface area contributed by atoms with Crippen LogP contribution in [0.1, 0.15) is 155 Å². The summed E-state index contributed by atoms with van der Waals surface area (Å²) < 4.78 is 17.6. The van der Waals surface area contributed by atoms with Crippen LogP contribution in [-0.4, -0.2) is 70.1 Å². The zero-order valence-electron chi connectivity index (χ0n) is 26.7. The van der Waals surface area contributed by atoms with E-state index in [1.165, 1.54) is 44.9 Å². The number of hydrogen-bond acceptors (Lipinski definition) is 7. The van der Waals surface area contributed by atoms with Crippen molar-refractivity contribution in [3.05, 3.63) is 11.6 Å². The fraction of sp³-hybridized carbons (Fsp3) is 0.914.